The van der Waals surface area contributed by atoms with E-state index in [-0.39, 0.29) is 17.4 Å². The molecular formula is C12H17N3O3S. The summed E-state index contributed by atoms with van der Waals surface area (Å²) < 4.78 is 24.5. The molecule has 1 aromatic rings. The molecule has 1 atom stereocenters. The summed E-state index contributed by atoms with van der Waals surface area (Å²) in [4.78, 5) is 12.1. The Kier molecular flexibility index (Phi) is 2.88. The normalized spacial score (nSPS) is 24.4. The fraction of sp³-hybridized carbons (Fsp3) is 0.667. The smallest absolute Gasteiger partial charge is 0.229 e. The molecule has 1 amide bonds. The zero-order valence-corrected chi connectivity index (χ0v) is 11.7. The lowest BCUT2D eigenvalue weighted by atomic mass is 10.1. The number of carbonyl (C=O) groups excluding carboxylic acids is 1. The highest BCUT2D eigenvalue weighted by Crippen LogP contribution is 2.29. The van der Waals surface area contributed by atoms with Crippen molar-refractivity contribution in [1.82, 2.24) is 9.78 Å². The van der Waals surface area contributed by atoms with Crippen LogP contribution >= 0.6 is 0 Å². The Hall–Kier alpha value is -1.37. The third-order valence-electron chi connectivity index (χ3n) is 3.91. The van der Waals surface area contributed by atoms with E-state index in [2.05, 4.69) is 10.4 Å². The van der Waals surface area contributed by atoms with Gasteiger partial charge in [0.05, 0.1) is 23.1 Å². The Labute approximate surface area is 112 Å². The van der Waals surface area contributed by atoms with E-state index in [4.69, 9.17) is 0 Å². The fourth-order valence-corrected chi connectivity index (χ4v) is 4.64. The number of fused-ring (bicyclic) bond motifs is 1. The van der Waals surface area contributed by atoms with Gasteiger partial charge in [0.15, 0.2) is 9.84 Å². The second-order valence-corrected chi connectivity index (χ2v) is 7.57. The number of nitrogens with one attached hydrogen (secondary N) is 1. The lowest BCUT2D eigenvalue weighted by molar-refractivity contribution is -0.119. The number of carbonyl (C=O) groups is 1. The Morgan fingerprint density at radius 2 is 2.21 bits per heavy atom. The second kappa shape index (κ2) is 4.33. The summed E-state index contributed by atoms with van der Waals surface area (Å²) in [6.07, 6.45) is 3.38. The fourth-order valence-electron chi connectivity index (χ4n) is 2.90. The predicted octanol–water partition coefficient (Wildman–Crippen LogP) is 0.282. The van der Waals surface area contributed by atoms with Gasteiger partial charge in [0.1, 0.15) is 5.82 Å². The molecular weight excluding hydrogens is 266 g/mol. The minimum atomic E-state index is -3.02. The van der Waals surface area contributed by atoms with Crippen LogP contribution in [0.25, 0.3) is 0 Å². The molecule has 0 spiro atoms. The van der Waals surface area contributed by atoms with Crippen LogP contribution in [0.2, 0.25) is 0 Å². The first kappa shape index (κ1) is 12.7. The molecule has 0 radical (unpaired) electrons. The molecule has 0 saturated carbocycles. The summed E-state index contributed by atoms with van der Waals surface area (Å²) in [6.45, 7) is 0. The molecule has 1 aliphatic heterocycles. The zero-order chi connectivity index (χ0) is 13.6. The molecule has 1 N–H and O–H groups in total. The maximum Gasteiger partial charge on any atom is 0.229 e. The van der Waals surface area contributed by atoms with Gasteiger partial charge in [-0.25, -0.2) is 8.42 Å². The van der Waals surface area contributed by atoms with Crippen LogP contribution in [-0.2, 0) is 34.5 Å². The molecule has 104 valence electrons. The monoisotopic (exact) mass is 283 g/mol. The van der Waals surface area contributed by atoms with E-state index < -0.39 is 15.8 Å². The summed E-state index contributed by atoms with van der Waals surface area (Å²) in [6, 6.07) is 0. The molecule has 2 aliphatic rings. The molecule has 6 nitrogen and oxygen atoms in total. The molecule has 7 heteroatoms. The Morgan fingerprint density at radius 1 is 1.42 bits per heavy atom. The Balaban J connectivity index is 1.77. The molecule has 1 fully saturated rings. The molecule has 2 heterocycles. The van der Waals surface area contributed by atoms with E-state index in [0.29, 0.717) is 6.42 Å². The van der Waals surface area contributed by atoms with E-state index in [1.54, 1.807) is 11.7 Å². The lowest BCUT2D eigenvalue weighted by Crippen LogP contribution is -2.25. The van der Waals surface area contributed by atoms with Crippen LogP contribution in [0.3, 0.4) is 0 Å². The molecule has 1 aliphatic carbocycles. The second-order valence-electron chi connectivity index (χ2n) is 5.34. The number of anilines is 1. The standard InChI is InChI=1S/C12H17N3O3S/c1-15-11(9-3-2-4-10(9)14-15)13-12(16)8-5-6-19(17,18)7-8/h8H,2-7H2,1H3,(H,13,16). The van der Waals surface area contributed by atoms with Crippen molar-refractivity contribution >= 4 is 21.6 Å². The van der Waals surface area contributed by atoms with Crippen molar-refractivity contribution in [2.45, 2.75) is 25.7 Å². The summed E-state index contributed by atoms with van der Waals surface area (Å²) in [7, 11) is -1.22. The summed E-state index contributed by atoms with van der Waals surface area (Å²) in [5, 5.41) is 7.25. The van der Waals surface area contributed by atoms with E-state index >= 15 is 0 Å². The molecule has 19 heavy (non-hydrogen) atoms. The molecule has 3 rings (SSSR count). The van der Waals surface area contributed by atoms with Gasteiger partial charge in [-0.15, -0.1) is 0 Å². The minimum Gasteiger partial charge on any atom is -0.310 e. The third kappa shape index (κ3) is 2.27. The largest absolute Gasteiger partial charge is 0.310 e. The van der Waals surface area contributed by atoms with Gasteiger partial charge in [-0.3, -0.25) is 9.48 Å². The molecule has 1 unspecified atom stereocenters. The quantitative estimate of drug-likeness (QED) is 0.845. The number of aryl methyl sites for hydroxylation is 2. The molecule has 1 saturated heterocycles. The number of aromatic nitrogens is 2. The first-order valence-electron chi connectivity index (χ1n) is 6.52. The SMILES string of the molecule is Cn1nc2c(c1NC(=O)C1CCS(=O)(=O)C1)CCC2. The maximum absolute atomic E-state index is 12.1. The predicted molar refractivity (Wildman–Crippen MR) is 70.6 cm³/mol. The van der Waals surface area contributed by atoms with Crippen LogP contribution in [-0.4, -0.2) is 35.6 Å². The highest BCUT2D eigenvalue weighted by atomic mass is 32.2. The van der Waals surface area contributed by atoms with Crippen molar-refractivity contribution in [3.8, 4) is 0 Å². The number of sulfone groups is 1. The number of hydrogen-bond donors (Lipinski definition) is 1. The number of nitrogens with zero attached hydrogens (tertiary/aromatic N) is 2. The Morgan fingerprint density at radius 3 is 2.89 bits per heavy atom. The summed E-state index contributed by atoms with van der Waals surface area (Å²) in [5.41, 5.74) is 2.16. The Bertz CT molecular complexity index is 633. The third-order valence-corrected chi connectivity index (χ3v) is 5.68. The van der Waals surface area contributed by atoms with Gasteiger partial charge >= 0.3 is 0 Å². The van der Waals surface area contributed by atoms with Crippen LogP contribution in [0.15, 0.2) is 0 Å². The van der Waals surface area contributed by atoms with E-state index in [9.17, 15) is 13.2 Å². The van der Waals surface area contributed by atoms with Gasteiger partial charge < -0.3 is 5.32 Å². The van der Waals surface area contributed by atoms with E-state index in [0.717, 1.165) is 36.3 Å². The topological polar surface area (TPSA) is 81.1 Å². The van der Waals surface area contributed by atoms with Crippen LogP contribution in [0.1, 0.15) is 24.1 Å². The van der Waals surface area contributed by atoms with Gasteiger partial charge in [0.2, 0.25) is 5.91 Å². The van der Waals surface area contributed by atoms with Crippen molar-refractivity contribution < 1.29 is 13.2 Å². The van der Waals surface area contributed by atoms with E-state index in [1.165, 1.54) is 0 Å². The summed E-state index contributed by atoms with van der Waals surface area (Å²) >= 11 is 0. The first-order valence-corrected chi connectivity index (χ1v) is 8.34. The van der Waals surface area contributed by atoms with Crippen LogP contribution < -0.4 is 5.32 Å². The van der Waals surface area contributed by atoms with Gasteiger partial charge in [-0.2, -0.15) is 5.10 Å². The first-order chi connectivity index (χ1) is 8.96. The van der Waals surface area contributed by atoms with Gasteiger partial charge in [-0.05, 0) is 25.7 Å². The van der Waals surface area contributed by atoms with Gasteiger partial charge in [0, 0.05) is 12.6 Å². The highest BCUT2D eigenvalue weighted by Gasteiger charge is 2.34. The van der Waals surface area contributed by atoms with Crippen molar-refractivity contribution in [3.05, 3.63) is 11.3 Å². The van der Waals surface area contributed by atoms with Crippen LogP contribution in [0, 0.1) is 5.92 Å². The number of rotatable bonds is 2. The van der Waals surface area contributed by atoms with Crippen LogP contribution in [0.4, 0.5) is 5.82 Å². The van der Waals surface area contributed by atoms with Crippen molar-refractivity contribution in [2.75, 3.05) is 16.8 Å². The van der Waals surface area contributed by atoms with Crippen molar-refractivity contribution in [2.24, 2.45) is 13.0 Å². The maximum atomic E-state index is 12.1. The lowest BCUT2D eigenvalue weighted by Gasteiger charge is -2.11. The van der Waals surface area contributed by atoms with Gasteiger partial charge in [-0.1, -0.05) is 0 Å². The van der Waals surface area contributed by atoms with Gasteiger partial charge in [0.25, 0.3) is 0 Å². The highest BCUT2D eigenvalue weighted by molar-refractivity contribution is 7.91. The summed E-state index contributed by atoms with van der Waals surface area (Å²) in [5.74, 6) is 0.213. The number of amides is 1. The molecule has 0 aromatic carbocycles. The minimum absolute atomic E-state index is 0.0289. The molecule has 0 bridgehead atoms. The molecule has 1 aromatic heterocycles. The zero-order valence-electron chi connectivity index (χ0n) is 10.8. The average molecular weight is 283 g/mol. The van der Waals surface area contributed by atoms with Crippen molar-refractivity contribution in [3.63, 3.8) is 0 Å². The van der Waals surface area contributed by atoms with E-state index in [1.807, 2.05) is 0 Å². The van der Waals surface area contributed by atoms with Crippen molar-refractivity contribution in [1.29, 1.82) is 0 Å². The average Bonchev–Trinajstić information content (AvgIpc) is 2.97. The number of hydrogen-bond acceptors (Lipinski definition) is 4. The van der Waals surface area contributed by atoms with Crippen LogP contribution in [0.5, 0.6) is 0 Å².